The van der Waals surface area contributed by atoms with Crippen molar-refractivity contribution in [3.05, 3.63) is 58.6 Å². The molecule has 1 atom stereocenters. The number of aryl methyl sites for hydroxylation is 1. The van der Waals surface area contributed by atoms with Gasteiger partial charge in [0.1, 0.15) is 19.0 Å². The van der Waals surface area contributed by atoms with Gasteiger partial charge < -0.3 is 19.5 Å². The summed E-state index contributed by atoms with van der Waals surface area (Å²) in [5.74, 6) is 1.24. The number of ether oxygens (including phenoxy) is 3. The van der Waals surface area contributed by atoms with Crippen LogP contribution in [0.15, 0.2) is 42.5 Å². The van der Waals surface area contributed by atoms with E-state index in [0.717, 1.165) is 17.0 Å². The first-order valence-electron chi connectivity index (χ1n) is 10.3. The highest BCUT2D eigenvalue weighted by molar-refractivity contribution is 7.16. The Morgan fingerprint density at radius 1 is 1.06 bits per heavy atom. The van der Waals surface area contributed by atoms with E-state index in [-0.39, 0.29) is 17.7 Å². The summed E-state index contributed by atoms with van der Waals surface area (Å²) in [4.78, 5) is 31.1. The van der Waals surface area contributed by atoms with Gasteiger partial charge in [-0.15, -0.1) is 11.3 Å². The fraction of sp³-hybridized carbons (Fsp3) is 0.261. The largest absolute Gasteiger partial charge is 0.497 e. The Hall–Kier alpha value is -3.59. The molecule has 1 aromatic heterocycles. The van der Waals surface area contributed by atoms with Crippen LogP contribution in [0.4, 0.5) is 10.8 Å². The van der Waals surface area contributed by atoms with Crippen molar-refractivity contribution in [2.24, 2.45) is 0 Å². The molecule has 0 saturated carbocycles. The van der Waals surface area contributed by atoms with Gasteiger partial charge in [0.15, 0.2) is 16.6 Å². The quantitative estimate of drug-likeness (QED) is 0.612. The number of aromatic nitrogens is 1. The predicted octanol–water partition coefficient (Wildman–Crippen LogP) is 3.84. The number of anilines is 2. The number of nitrogens with zero attached hydrogens (tertiary/aromatic N) is 1. The molecule has 164 valence electrons. The van der Waals surface area contributed by atoms with Crippen molar-refractivity contribution in [3.63, 3.8) is 0 Å². The first-order chi connectivity index (χ1) is 15.6. The highest BCUT2D eigenvalue weighted by Crippen LogP contribution is 2.39. The molecule has 2 heterocycles. The lowest BCUT2D eigenvalue weighted by atomic mass is 10.1. The molecule has 1 unspecified atom stereocenters. The third kappa shape index (κ3) is 3.99. The van der Waals surface area contributed by atoms with E-state index in [0.29, 0.717) is 53.3 Å². The molecule has 1 aliphatic carbocycles. The van der Waals surface area contributed by atoms with Crippen LogP contribution in [0.3, 0.4) is 0 Å². The molecule has 2 N–H and O–H groups in total. The van der Waals surface area contributed by atoms with Gasteiger partial charge in [0, 0.05) is 22.2 Å². The SMILES string of the molecule is COc1ccc(C(=O)Nc2nc3c(s2)CCC3C(=O)Nc2ccc3c(c2)OCCO3)cc1. The van der Waals surface area contributed by atoms with Crippen molar-refractivity contribution < 1.29 is 23.8 Å². The minimum Gasteiger partial charge on any atom is -0.497 e. The zero-order valence-corrected chi connectivity index (χ0v) is 18.2. The number of carbonyl (C=O) groups is 2. The molecule has 32 heavy (non-hydrogen) atoms. The number of hydrogen-bond donors (Lipinski definition) is 2. The summed E-state index contributed by atoms with van der Waals surface area (Å²) in [7, 11) is 1.58. The number of nitrogens with one attached hydrogen (secondary N) is 2. The van der Waals surface area contributed by atoms with E-state index in [2.05, 4.69) is 15.6 Å². The summed E-state index contributed by atoms with van der Waals surface area (Å²) in [6.07, 6.45) is 1.45. The Morgan fingerprint density at radius 3 is 2.62 bits per heavy atom. The first kappa shape index (κ1) is 20.3. The maximum atomic E-state index is 12.9. The lowest BCUT2D eigenvalue weighted by Crippen LogP contribution is -2.20. The van der Waals surface area contributed by atoms with Crippen LogP contribution in [0.1, 0.15) is 33.3 Å². The zero-order chi connectivity index (χ0) is 22.1. The molecule has 0 saturated heterocycles. The second kappa shape index (κ2) is 8.51. The van der Waals surface area contributed by atoms with Crippen LogP contribution >= 0.6 is 11.3 Å². The minimum absolute atomic E-state index is 0.126. The fourth-order valence-corrected chi connectivity index (χ4v) is 4.83. The highest BCUT2D eigenvalue weighted by atomic mass is 32.1. The smallest absolute Gasteiger partial charge is 0.257 e. The molecule has 2 amide bonds. The maximum absolute atomic E-state index is 12.9. The molecule has 9 heteroatoms. The molecule has 0 bridgehead atoms. The van der Waals surface area contributed by atoms with E-state index >= 15 is 0 Å². The third-order valence-electron chi connectivity index (χ3n) is 5.42. The molecule has 2 aromatic carbocycles. The second-order valence-electron chi connectivity index (χ2n) is 7.45. The van der Waals surface area contributed by atoms with Gasteiger partial charge in [-0.25, -0.2) is 4.98 Å². The summed E-state index contributed by atoms with van der Waals surface area (Å²) in [5.41, 5.74) is 1.89. The van der Waals surface area contributed by atoms with Crippen LogP contribution < -0.4 is 24.8 Å². The van der Waals surface area contributed by atoms with Crippen molar-refractivity contribution in [3.8, 4) is 17.2 Å². The minimum atomic E-state index is -0.360. The lowest BCUT2D eigenvalue weighted by Gasteiger charge is -2.19. The summed E-state index contributed by atoms with van der Waals surface area (Å²) in [6.45, 7) is 1.00. The Bertz CT molecular complexity index is 1170. The summed E-state index contributed by atoms with van der Waals surface area (Å²) < 4.78 is 16.2. The van der Waals surface area contributed by atoms with Crippen molar-refractivity contribution in [2.75, 3.05) is 31.0 Å². The standard InChI is InChI=1S/C23H21N3O5S/c1-29-15-5-2-13(3-6-15)21(27)26-23-25-20-16(7-9-19(20)32-23)22(28)24-14-4-8-17-18(12-14)31-11-10-30-17/h2-6,8,12,16H,7,9-11H2,1H3,(H,24,28)(H,25,26,27). The van der Waals surface area contributed by atoms with Crippen molar-refractivity contribution in [1.29, 1.82) is 0 Å². The molecule has 5 rings (SSSR count). The molecule has 8 nitrogen and oxygen atoms in total. The molecule has 0 radical (unpaired) electrons. The van der Waals surface area contributed by atoms with Crippen LogP contribution in [0.5, 0.6) is 17.2 Å². The van der Waals surface area contributed by atoms with Gasteiger partial charge in [-0.3, -0.25) is 14.9 Å². The van der Waals surface area contributed by atoms with Gasteiger partial charge >= 0.3 is 0 Å². The molecule has 3 aromatic rings. The van der Waals surface area contributed by atoms with Gasteiger partial charge in [0.2, 0.25) is 5.91 Å². The normalized spacial score (nSPS) is 16.2. The van der Waals surface area contributed by atoms with Crippen LogP contribution in [-0.4, -0.2) is 37.1 Å². The number of fused-ring (bicyclic) bond motifs is 2. The summed E-state index contributed by atoms with van der Waals surface area (Å²) in [6, 6.07) is 12.2. The average molecular weight is 452 g/mol. The lowest BCUT2D eigenvalue weighted by molar-refractivity contribution is -0.117. The van der Waals surface area contributed by atoms with Gasteiger partial charge in [-0.1, -0.05) is 0 Å². The summed E-state index contributed by atoms with van der Waals surface area (Å²) >= 11 is 1.41. The Kier molecular flexibility index (Phi) is 5.40. The van der Waals surface area contributed by atoms with Crippen molar-refractivity contribution in [1.82, 2.24) is 4.98 Å². The zero-order valence-electron chi connectivity index (χ0n) is 17.3. The average Bonchev–Trinajstić information content (AvgIpc) is 3.39. The Labute approximate surface area is 188 Å². The second-order valence-corrected chi connectivity index (χ2v) is 8.53. The first-order valence-corrected chi connectivity index (χ1v) is 11.1. The molecule has 0 fully saturated rings. The number of carbonyl (C=O) groups excluding carboxylic acids is 2. The van der Waals surface area contributed by atoms with E-state index in [1.54, 1.807) is 49.6 Å². The van der Waals surface area contributed by atoms with Gasteiger partial charge in [0.25, 0.3) is 5.91 Å². The number of thiazole rings is 1. The topological polar surface area (TPSA) is 98.8 Å². The van der Waals surface area contributed by atoms with E-state index in [1.165, 1.54) is 11.3 Å². The van der Waals surface area contributed by atoms with Crippen molar-refractivity contribution in [2.45, 2.75) is 18.8 Å². The monoisotopic (exact) mass is 451 g/mol. The number of rotatable bonds is 5. The van der Waals surface area contributed by atoms with Crippen molar-refractivity contribution >= 4 is 34.0 Å². The third-order valence-corrected chi connectivity index (χ3v) is 6.46. The molecule has 1 aliphatic heterocycles. The highest BCUT2D eigenvalue weighted by Gasteiger charge is 2.33. The van der Waals surface area contributed by atoms with Gasteiger partial charge in [0.05, 0.1) is 18.7 Å². The van der Waals surface area contributed by atoms with E-state index < -0.39 is 0 Å². The Morgan fingerprint density at radius 2 is 1.84 bits per heavy atom. The molecule has 0 spiro atoms. The molecule has 2 aliphatic rings. The van der Waals surface area contributed by atoms with E-state index in [4.69, 9.17) is 14.2 Å². The number of amides is 2. The van der Waals surface area contributed by atoms with Crippen LogP contribution in [0.25, 0.3) is 0 Å². The van der Waals surface area contributed by atoms with E-state index in [9.17, 15) is 9.59 Å². The molecular formula is C23H21N3O5S. The van der Waals surface area contributed by atoms with Gasteiger partial charge in [-0.2, -0.15) is 0 Å². The van der Waals surface area contributed by atoms with E-state index in [1.807, 2.05) is 0 Å². The number of hydrogen-bond acceptors (Lipinski definition) is 7. The predicted molar refractivity (Wildman–Crippen MR) is 120 cm³/mol. The summed E-state index contributed by atoms with van der Waals surface area (Å²) in [5, 5.41) is 6.28. The van der Waals surface area contributed by atoms with Crippen LogP contribution in [0.2, 0.25) is 0 Å². The van der Waals surface area contributed by atoms with Gasteiger partial charge in [-0.05, 0) is 49.2 Å². The number of methoxy groups -OCH3 is 1. The maximum Gasteiger partial charge on any atom is 0.257 e. The fourth-order valence-electron chi connectivity index (χ4n) is 3.80. The molecular weight excluding hydrogens is 430 g/mol. The van der Waals surface area contributed by atoms with Crippen LogP contribution in [-0.2, 0) is 11.2 Å². The Balaban J connectivity index is 1.27. The van der Waals surface area contributed by atoms with Crippen LogP contribution in [0, 0.1) is 0 Å². The number of benzene rings is 2.